The topological polar surface area (TPSA) is 89.7 Å². The predicted octanol–water partition coefficient (Wildman–Crippen LogP) is 4.23. The van der Waals surface area contributed by atoms with Gasteiger partial charge in [-0.2, -0.15) is 0 Å². The van der Waals surface area contributed by atoms with E-state index in [0.29, 0.717) is 5.56 Å². The van der Waals surface area contributed by atoms with Crippen LogP contribution < -0.4 is 10.5 Å². The van der Waals surface area contributed by atoms with E-state index in [0.717, 1.165) is 16.7 Å². The molecule has 0 unspecified atom stereocenters. The largest absolute Gasteiger partial charge is 0.482 e. The van der Waals surface area contributed by atoms with Gasteiger partial charge in [0.15, 0.2) is 6.61 Å². The van der Waals surface area contributed by atoms with Crippen LogP contribution in [0.5, 0.6) is 5.75 Å². The molecule has 2 aromatic rings. The Labute approximate surface area is 179 Å². The summed E-state index contributed by atoms with van der Waals surface area (Å²) in [5.41, 5.74) is 5.62. The molecule has 3 rings (SSSR count). The molecule has 1 aliphatic heterocycles. The summed E-state index contributed by atoms with van der Waals surface area (Å²) in [5.74, 6) is -1.55. The average Bonchev–Trinajstić information content (AvgIpc) is 2.91. The van der Waals surface area contributed by atoms with Crippen LogP contribution in [0.1, 0.15) is 11.1 Å². The van der Waals surface area contributed by atoms with Crippen LogP contribution in [0, 0.1) is 5.82 Å². The summed E-state index contributed by atoms with van der Waals surface area (Å²) in [6, 6.07) is 8.76. The fraction of sp³-hybridized carbons (Fsp3) is 0.105. The van der Waals surface area contributed by atoms with Crippen LogP contribution in [0.2, 0.25) is 10.0 Å². The SMILES string of the molecule is NC(=O)COc1ccc(C=C2SC(=O)N(Cc3c(F)cccc3Cl)C2=O)cc1Cl. The van der Waals surface area contributed by atoms with Gasteiger partial charge >= 0.3 is 0 Å². The van der Waals surface area contributed by atoms with E-state index >= 15 is 0 Å². The van der Waals surface area contributed by atoms with E-state index in [1.54, 1.807) is 6.07 Å². The van der Waals surface area contributed by atoms with Crippen LogP contribution in [0.3, 0.4) is 0 Å². The lowest BCUT2D eigenvalue weighted by atomic mass is 10.2. The molecule has 3 amide bonds. The van der Waals surface area contributed by atoms with Gasteiger partial charge in [0.2, 0.25) is 0 Å². The Hall–Kier alpha value is -2.55. The maximum atomic E-state index is 14.0. The fourth-order valence-electron chi connectivity index (χ4n) is 2.50. The first kappa shape index (κ1) is 21.2. The van der Waals surface area contributed by atoms with Crippen LogP contribution in [0.4, 0.5) is 9.18 Å². The molecule has 10 heteroatoms. The lowest BCUT2D eigenvalue weighted by Gasteiger charge is -2.14. The minimum absolute atomic E-state index is 0.0664. The number of amides is 3. The second-order valence-electron chi connectivity index (χ2n) is 5.91. The van der Waals surface area contributed by atoms with E-state index in [1.807, 2.05) is 0 Å². The molecule has 0 saturated carbocycles. The van der Waals surface area contributed by atoms with Gasteiger partial charge in [-0.3, -0.25) is 19.3 Å². The Balaban J connectivity index is 1.79. The Morgan fingerprint density at radius 1 is 1.21 bits per heavy atom. The Kier molecular flexibility index (Phi) is 6.46. The third-order valence-electron chi connectivity index (χ3n) is 3.88. The van der Waals surface area contributed by atoms with Crippen molar-refractivity contribution in [2.45, 2.75) is 6.54 Å². The number of nitrogens with two attached hydrogens (primary N) is 1. The summed E-state index contributed by atoms with van der Waals surface area (Å²) in [4.78, 5) is 36.7. The van der Waals surface area contributed by atoms with Gasteiger partial charge in [-0.15, -0.1) is 0 Å². The highest BCUT2D eigenvalue weighted by Crippen LogP contribution is 2.35. The van der Waals surface area contributed by atoms with Crippen LogP contribution in [0.25, 0.3) is 6.08 Å². The molecule has 0 aliphatic carbocycles. The molecule has 29 heavy (non-hydrogen) atoms. The average molecular weight is 455 g/mol. The molecular formula is C19H13Cl2FN2O4S. The van der Waals surface area contributed by atoms with Crippen molar-refractivity contribution in [3.8, 4) is 5.75 Å². The highest BCUT2D eigenvalue weighted by molar-refractivity contribution is 8.18. The van der Waals surface area contributed by atoms with E-state index < -0.39 is 22.9 Å². The second kappa shape index (κ2) is 8.86. The Bertz CT molecular complexity index is 1020. The highest BCUT2D eigenvalue weighted by atomic mass is 35.5. The molecule has 2 N–H and O–H groups in total. The van der Waals surface area contributed by atoms with E-state index in [1.165, 1.54) is 36.4 Å². The van der Waals surface area contributed by atoms with Crippen LogP contribution in [0.15, 0.2) is 41.3 Å². The molecule has 0 bridgehead atoms. The van der Waals surface area contributed by atoms with Gasteiger partial charge in [0.05, 0.1) is 16.5 Å². The third kappa shape index (κ3) is 4.90. The summed E-state index contributed by atoms with van der Waals surface area (Å²) in [6.45, 7) is -0.593. The molecule has 0 radical (unpaired) electrons. The van der Waals surface area contributed by atoms with E-state index in [2.05, 4.69) is 0 Å². The lowest BCUT2D eigenvalue weighted by Crippen LogP contribution is -2.28. The summed E-state index contributed by atoms with van der Waals surface area (Å²) in [5, 5.41) is -0.197. The van der Waals surface area contributed by atoms with Crippen LogP contribution >= 0.6 is 35.0 Å². The first-order valence-corrected chi connectivity index (χ1v) is 9.72. The molecule has 2 aromatic carbocycles. The van der Waals surface area contributed by atoms with Crippen molar-refractivity contribution in [3.63, 3.8) is 0 Å². The number of carbonyl (C=O) groups excluding carboxylic acids is 3. The monoisotopic (exact) mass is 454 g/mol. The fourth-order valence-corrected chi connectivity index (χ4v) is 3.81. The molecule has 0 atom stereocenters. The highest BCUT2D eigenvalue weighted by Gasteiger charge is 2.35. The second-order valence-corrected chi connectivity index (χ2v) is 7.72. The first-order valence-electron chi connectivity index (χ1n) is 8.15. The van der Waals surface area contributed by atoms with Crippen molar-refractivity contribution in [1.82, 2.24) is 4.90 Å². The number of nitrogens with zero attached hydrogens (tertiary/aromatic N) is 1. The number of imide groups is 1. The quantitative estimate of drug-likeness (QED) is 0.659. The number of primary amides is 1. The molecule has 0 aromatic heterocycles. The number of benzene rings is 2. The molecule has 1 aliphatic rings. The lowest BCUT2D eigenvalue weighted by molar-refractivity contribution is -0.123. The van der Waals surface area contributed by atoms with Gasteiger partial charge < -0.3 is 10.5 Å². The van der Waals surface area contributed by atoms with Gasteiger partial charge in [0, 0.05) is 10.6 Å². The zero-order chi connectivity index (χ0) is 21.1. The number of rotatable bonds is 6. The Morgan fingerprint density at radius 2 is 1.97 bits per heavy atom. The summed E-state index contributed by atoms with van der Waals surface area (Å²) in [6.07, 6.45) is 1.48. The predicted molar refractivity (Wildman–Crippen MR) is 109 cm³/mol. The zero-order valence-corrected chi connectivity index (χ0v) is 17.0. The number of thioether (sulfide) groups is 1. The minimum atomic E-state index is -0.645. The zero-order valence-electron chi connectivity index (χ0n) is 14.7. The number of halogens is 3. The number of hydrogen-bond donors (Lipinski definition) is 1. The van der Waals surface area contributed by atoms with E-state index in [-0.39, 0.29) is 39.4 Å². The molecule has 0 spiro atoms. The summed E-state index contributed by atoms with van der Waals surface area (Å²) < 4.78 is 19.1. The maximum Gasteiger partial charge on any atom is 0.293 e. The van der Waals surface area contributed by atoms with E-state index in [9.17, 15) is 18.8 Å². The van der Waals surface area contributed by atoms with Crippen molar-refractivity contribution in [2.75, 3.05) is 6.61 Å². The molecule has 1 saturated heterocycles. The van der Waals surface area contributed by atoms with Crippen molar-refractivity contribution in [3.05, 3.63) is 68.3 Å². The molecular weight excluding hydrogens is 442 g/mol. The smallest absolute Gasteiger partial charge is 0.293 e. The van der Waals surface area contributed by atoms with Crippen LogP contribution in [-0.4, -0.2) is 28.6 Å². The Morgan fingerprint density at radius 3 is 2.62 bits per heavy atom. The number of hydrogen-bond acceptors (Lipinski definition) is 5. The van der Waals surface area contributed by atoms with Crippen molar-refractivity contribution in [2.24, 2.45) is 5.73 Å². The normalized spacial score (nSPS) is 15.3. The summed E-state index contributed by atoms with van der Waals surface area (Å²) in [7, 11) is 0. The van der Waals surface area contributed by atoms with Gasteiger partial charge in [-0.25, -0.2) is 4.39 Å². The van der Waals surface area contributed by atoms with Gasteiger partial charge in [0.25, 0.3) is 17.1 Å². The summed E-state index contributed by atoms with van der Waals surface area (Å²) >= 11 is 12.8. The standard InChI is InChI=1S/C19H13Cl2FN2O4S/c20-12-2-1-3-14(22)11(12)8-24-18(26)16(29-19(24)27)7-10-4-5-15(13(21)6-10)28-9-17(23)25/h1-7H,8-9H2,(H2,23,25). The van der Waals surface area contributed by atoms with E-state index in [4.69, 9.17) is 33.7 Å². The van der Waals surface area contributed by atoms with Gasteiger partial charge in [-0.05, 0) is 47.7 Å². The van der Waals surface area contributed by atoms with Crippen molar-refractivity contribution < 1.29 is 23.5 Å². The van der Waals surface area contributed by atoms with Crippen LogP contribution in [-0.2, 0) is 16.1 Å². The molecule has 6 nitrogen and oxygen atoms in total. The number of carbonyl (C=O) groups is 3. The van der Waals surface area contributed by atoms with Gasteiger partial charge in [0.1, 0.15) is 11.6 Å². The minimum Gasteiger partial charge on any atom is -0.482 e. The van der Waals surface area contributed by atoms with Crippen molar-refractivity contribution in [1.29, 1.82) is 0 Å². The maximum absolute atomic E-state index is 14.0. The third-order valence-corrected chi connectivity index (χ3v) is 5.43. The van der Waals surface area contributed by atoms with Gasteiger partial charge in [-0.1, -0.05) is 35.3 Å². The first-order chi connectivity index (χ1) is 13.8. The molecule has 1 fully saturated rings. The molecule has 150 valence electrons. The van der Waals surface area contributed by atoms with Crippen molar-refractivity contribution >= 4 is 58.1 Å². The number of ether oxygens (including phenoxy) is 1. The molecule has 1 heterocycles.